The van der Waals surface area contributed by atoms with Gasteiger partial charge in [0.2, 0.25) is 5.89 Å². The van der Waals surface area contributed by atoms with E-state index in [0.717, 1.165) is 13.0 Å². The highest BCUT2D eigenvalue weighted by Gasteiger charge is 2.10. The Morgan fingerprint density at radius 1 is 1.28 bits per heavy atom. The van der Waals surface area contributed by atoms with Crippen molar-refractivity contribution in [3.05, 3.63) is 5.89 Å². The van der Waals surface area contributed by atoms with Crippen molar-refractivity contribution in [2.45, 2.75) is 25.9 Å². The molecule has 1 unspecified atom stereocenters. The average molecular weight is 258 g/mol. The number of anilines is 1. The molecule has 0 fully saturated rings. The van der Waals surface area contributed by atoms with Crippen molar-refractivity contribution in [1.29, 1.82) is 0 Å². The fraction of sp³-hybridized carbons (Fsp3) is 0.818. The Balaban J connectivity index is 2.33. The molecule has 0 saturated carbocycles. The van der Waals surface area contributed by atoms with Crippen molar-refractivity contribution < 1.29 is 13.9 Å². The average Bonchev–Trinajstić information content (AvgIpc) is 2.82. The molecule has 1 aromatic rings. The standard InChI is InChI=1S/C11H22N4O3/c1-4-9(8-17-3)13-11-15-14-10(18-11)7-12-5-6-16-2/h9,12H,4-8H2,1-3H3,(H,13,15). The van der Waals surface area contributed by atoms with Gasteiger partial charge in [0.1, 0.15) is 0 Å². The van der Waals surface area contributed by atoms with Crippen molar-refractivity contribution in [2.75, 3.05) is 39.3 Å². The van der Waals surface area contributed by atoms with Crippen LogP contribution in [0.4, 0.5) is 6.01 Å². The SMILES string of the molecule is CCC(COC)Nc1nnc(CNCCOC)o1. The van der Waals surface area contributed by atoms with Gasteiger partial charge in [0, 0.05) is 20.8 Å². The van der Waals surface area contributed by atoms with Gasteiger partial charge in [-0.25, -0.2) is 0 Å². The molecule has 0 aromatic carbocycles. The van der Waals surface area contributed by atoms with Crippen LogP contribution in [0.5, 0.6) is 0 Å². The minimum atomic E-state index is 0.185. The lowest BCUT2D eigenvalue weighted by atomic mass is 10.2. The zero-order valence-corrected chi connectivity index (χ0v) is 11.2. The highest BCUT2D eigenvalue weighted by atomic mass is 16.5. The first-order chi connectivity index (χ1) is 8.80. The van der Waals surface area contributed by atoms with E-state index in [2.05, 4.69) is 27.8 Å². The van der Waals surface area contributed by atoms with Gasteiger partial charge >= 0.3 is 6.01 Å². The van der Waals surface area contributed by atoms with Crippen LogP contribution >= 0.6 is 0 Å². The monoisotopic (exact) mass is 258 g/mol. The molecular formula is C11H22N4O3. The van der Waals surface area contributed by atoms with Crippen LogP contribution in [0.25, 0.3) is 0 Å². The molecule has 7 nitrogen and oxygen atoms in total. The minimum Gasteiger partial charge on any atom is -0.407 e. The molecule has 1 aromatic heterocycles. The summed E-state index contributed by atoms with van der Waals surface area (Å²) in [5, 5.41) is 14.1. The lowest BCUT2D eigenvalue weighted by Gasteiger charge is -2.13. The van der Waals surface area contributed by atoms with Gasteiger partial charge in [-0.15, -0.1) is 5.10 Å². The van der Waals surface area contributed by atoms with E-state index in [1.54, 1.807) is 14.2 Å². The predicted molar refractivity (Wildman–Crippen MR) is 67.5 cm³/mol. The number of methoxy groups -OCH3 is 2. The van der Waals surface area contributed by atoms with E-state index in [-0.39, 0.29) is 6.04 Å². The number of hydrogen-bond donors (Lipinski definition) is 2. The molecule has 0 aliphatic carbocycles. The summed E-state index contributed by atoms with van der Waals surface area (Å²) in [5.41, 5.74) is 0. The van der Waals surface area contributed by atoms with Gasteiger partial charge < -0.3 is 24.5 Å². The predicted octanol–water partition coefficient (Wildman–Crippen LogP) is 0.643. The van der Waals surface area contributed by atoms with Crippen LogP contribution < -0.4 is 10.6 Å². The van der Waals surface area contributed by atoms with E-state index >= 15 is 0 Å². The van der Waals surface area contributed by atoms with Crippen molar-refractivity contribution in [1.82, 2.24) is 15.5 Å². The Hall–Kier alpha value is -1.18. The number of ether oxygens (including phenoxy) is 2. The van der Waals surface area contributed by atoms with Crippen LogP contribution in [-0.4, -0.2) is 50.2 Å². The second kappa shape index (κ2) is 8.84. The van der Waals surface area contributed by atoms with Crippen LogP contribution in [0.2, 0.25) is 0 Å². The molecule has 0 amide bonds. The molecule has 0 aliphatic rings. The lowest BCUT2D eigenvalue weighted by Crippen LogP contribution is -2.24. The zero-order valence-electron chi connectivity index (χ0n) is 11.2. The van der Waals surface area contributed by atoms with Crippen molar-refractivity contribution in [3.63, 3.8) is 0 Å². The van der Waals surface area contributed by atoms with Gasteiger partial charge in [0.15, 0.2) is 0 Å². The van der Waals surface area contributed by atoms with Crippen molar-refractivity contribution >= 4 is 6.01 Å². The minimum absolute atomic E-state index is 0.185. The topological polar surface area (TPSA) is 81.4 Å². The van der Waals surface area contributed by atoms with E-state index in [0.29, 0.717) is 31.7 Å². The van der Waals surface area contributed by atoms with Gasteiger partial charge in [-0.05, 0) is 6.42 Å². The zero-order chi connectivity index (χ0) is 13.2. The maximum atomic E-state index is 5.45. The second-order valence-corrected chi connectivity index (χ2v) is 3.88. The van der Waals surface area contributed by atoms with Crippen LogP contribution in [0.15, 0.2) is 4.42 Å². The Bertz CT molecular complexity index is 319. The van der Waals surface area contributed by atoms with Crippen LogP contribution in [-0.2, 0) is 16.0 Å². The molecule has 0 radical (unpaired) electrons. The summed E-state index contributed by atoms with van der Waals surface area (Å²) in [6, 6.07) is 0.618. The van der Waals surface area contributed by atoms with Gasteiger partial charge in [-0.3, -0.25) is 0 Å². The second-order valence-electron chi connectivity index (χ2n) is 3.88. The number of nitrogens with zero attached hydrogens (tertiary/aromatic N) is 2. The van der Waals surface area contributed by atoms with E-state index < -0.39 is 0 Å². The number of aromatic nitrogens is 2. The smallest absolute Gasteiger partial charge is 0.315 e. The van der Waals surface area contributed by atoms with Crippen molar-refractivity contribution in [3.8, 4) is 0 Å². The van der Waals surface area contributed by atoms with Gasteiger partial charge in [0.05, 0.1) is 25.8 Å². The number of rotatable bonds is 10. The number of hydrogen-bond acceptors (Lipinski definition) is 7. The Kier molecular flexibility index (Phi) is 7.31. The number of nitrogens with one attached hydrogen (secondary N) is 2. The molecule has 18 heavy (non-hydrogen) atoms. The summed E-state index contributed by atoms with van der Waals surface area (Å²) in [6.45, 7) is 4.63. The first kappa shape index (κ1) is 14.9. The third kappa shape index (κ3) is 5.44. The largest absolute Gasteiger partial charge is 0.407 e. The maximum absolute atomic E-state index is 5.45. The summed E-state index contributed by atoms with van der Waals surface area (Å²) in [6.07, 6.45) is 0.928. The third-order valence-corrected chi connectivity index (χ3v) is 2.41. The van der Waals surface area contributed by atoms with E-state index in [1.165, 1.54) is 0 Å². The molecule has 104 valence electrons. The highest BCUT2D eigenvalue weighted by molar-refractivity contribution is 5.19. The van der Waals surface area contributed by atoms with Gasteiger partial charge in [-0.1, -0.05) is 12.0 Å². The Labute approximate surface area is 107 Å². The Morgan fingerprint density at radius 3 is 2.78 bits per heavy atom. The summed E-state index contributed by atoms with van der Waals surface area (Å²) in [4.78, 5) is 0. The molecule has 2 N–H and O–H groups in total. The highest BCUT2D eigenvalue weighted by Crippen LogP contribution is 2.08. The molecule has 7 heteroatoms. The molecule has 1 rings (SSSR count). The van der Waals surface area contributed by atoms with Crippen LogP contribution in [0.3, 0.4) is 0 Å². The fourth-order valence-corrected chi connectivity index (χ4v) is 1.39. The Morgan fingerprint density at radius 2 is 2.11 bits per heavy atom. The first-order valence-corrected chi connectivity index (χ1v) is 6.07. The molecule has 1 heterocycles. The fourth-order valence-electron chi connectivity index (χ4n) is 1.39. The molecule has 0 spiro atoms. The lowest BCUT2D eigenvalue weighted by molar-refractivity contribution is 0.183. The van der Waals surface area contributed by atoms with Crippen molar-refractivity contribution in [2.24, 2.45) is 0 Å². The van der Waals surface area contributed by atoms with Gasteiger partial charge in [-0.2, -0.15) is 0 Å². The van der Waals surface area contributed by atoms with Crippen LogP contribution in [0.1, 0.15) is 19.2 Å². The summed E-state index contributed by atoms with van der Waals surface area (Å²) in [5.74, 6) is 0.556. The van der Waals surface area contributed by atoms with Gasteiger partial charge in [0.25, 0.3) is 0 Å². The maximum Gasteiger partial charge on any atom is 0.315 e. The van der Waals surface area contributed by atoms with E-state index in [1.807, 2.05) is 0 Å². The molecule has 0 saturated heterocycles. The quantitative estimate of drug-likeness (QED) is 0.596. The van der Waals surface area contributed by atoms with E-state index in [9.17, 15) is 0 Å². The van der Waals surface area contributed by atoms with E-state index in [4.69, 9.17) is 13.9 Å². The molecule has 0 aliphatic heterocycles. The summed E-state index contributed by atoms with van der Waals surface area (Å²) >= 11 is 0. The summed E-state index contributed by atoms with van der Waals surface area (Å²) in [7, 11) is 3.33. The first-order valence-electron chi connectivity index (χ1n) is 6.07. The molecule has 0 bridgehead atoms. The summed E-state index contributed by atoms with van der Waals surface area (Å²) < 4.78 is 15.5. The van der Waals surface area contributed by atoms with Crippen LogP contribution in [0, 0.1) is 0 Å². The normalized spacial score (nSPS) is 12.6. The molecular weight excluding hydrogens is 236 g/mol. The molecule has 1 atom stereocenters. The third-order valence-electron chi connectivity index (χ3n) is 2.41.